The van der Waals surface area contributed by atoms with Crippen LogP contribution in [0.1, 0.15) is 20.3 Å². The summed E-state index contributed by atoms with van der Waals surface area (Å²) in [5.41, 5.74) is 1.29. The maximum Gasteiger partial charge on any atom is 0.0214 e. The molecule has 1 N–H and O–H groups in total. The topological polar surface area (TPSA) is 12.0 Å². The Morgan fingerprint density at radius 3 is 3.00 bits per heavy atom. The van der Waals surface area contributed by atoms with Crippen LogP contribution in [0, 0.1) is 5.92 Å². The number of allylic oxidation sites excluding steroid dienone is 4. The van der Waals surface area contributed by atoms with Crippen molar-refractivity contribution in [2.24, 2.45) is 5.92 Å². The normalized spacial score (nSPS) is 26.7. The minimum absolute atomic E-state index is 0.552. The molecular weight excluding hydrogens is 134 g/mol. The number of hydrogen-bond acceptors (Lipinski definition) is 1. The first kappa shape index (κ1) is 8.12. The molecule has 0 fully saturated rings. The van der Waals surface area contributed by atoms with E-state index in [4.69, 9.17) is 0 Å². The highest BCUT2D eigenvalue weighted by atomic mass is 14.9. The van der Waals surface area contributed by atoms with Crippen LogP contribution >= 0.6 is 0 Å². The van der Waals surface area contributed by atoms with Crippen molar-refractivity contribution in [2.45, 2.75) is 20.3 Å². The predicted octanol–water partition coefficient (Wildman–Crippen LogP) is 2.59. The van der Waals surface area contributed by atoms with E-state index in [2.05, 4.69) is 43.5 Å². The predicted molar refractivity (Wildman–Crippen MR) is 49.0 cm³/mol. The Morgan fingerprint density at radius 1 is 1.64 bits per heavy atom. The van der Waals surface area contributed by atoms with E-state index in [9.17, 15) is 0 Å². The average Bonchev–Trinajstić information content (AvgIpc) is 2.37. The third kappa shape index (κ3) is 2.26. The molecule has 0 saturated carbocycles. The second kappa shape index (κ2) is 4.02. The molecule has 1 aliphatic rings. The van der Waals surface area contributed by atoms with Gasteiger partial charge in [-0.05, 0) is 18.7 Å². The van der Waals surface area contributed by atoms with Gasteiger partial charge in [0.1, 0.15) is 0 Å². The minimum atomic E-state index is 0.552. The first-order valence-electron chi connectivity index (χ1n) is 4.14. The van der Waals surface area contributed by atoms with E-state index in [0.717, 1.165) is 6.42 Å². The van der Waals surface area contributed by atoms with Crippen molar-refractivity contribution < 1.29 is 0 Å². The van der Waals surface area contributed by atoms with Crippen LogP contribution in [0.3, 0.4) is 0 Å². The Labute approximate surface area is 68.5 Å². The van der Waals surface area contributed by atoms with Crippen LogP contribution in [0.4, 0.5) is 0 Å². The van der Waals surface area contributed by atoms with Crippen LogP contribution in [0.5, 0.6) is 0 Å². The molecule has 60 valence electrons. The lowest BCUT2D eigenvalue weighted by Gasteiger charge is -2.01. The van der Waals surface area contributed by atoms with Crippen LogP contribution in [-0.2, 0) is 0 Å². The fourth-order valence-electron chi connectivity index (χ4n) is 1.03. The fourth-order valence-corrected chi connectivity index (χ4v) is 1.03. The molecule has 1 rings (SSSR count). The van der Waals surface area contributed by atoms with Gasteiger partial charge in [-0.3, -0.25) is 0 Å². The molecule has 1 nitrogen and oxygen atoms in total. The zero-order chi connectivity index (χ0) is 8.10. The maximum atomic E-state index is 3.19. The Morgan fingerprint density at radius 2 is 2.45 bits per heavy atom. The molecule has 1 aliphatic heterocycles. The van der Waals surface area contributed by atoms with Crippen molar-refractivity contribution in [1.29, 1.82) is 0 Å². The summed E-state index contributed by atoms with van der Waals surface area (Å²) in [5.74, 6) is 0.552. The molecule has 0 aromatic rings. The molecule has 1 unspecified atom stereocenters. The lowest BCUT2D eigenvalue weighted by Crippen LogP contribution is -2.02. The highest BCUT2D eigenvalue weighted by Crippen LogP contribution is 2.14. The Kier molecular flexibility index (Phi) is 2.96. The second-order valence-corrected chi connectivity index (χ2v) is 2.75. The van der Waals surface area contributed by atoms with E-state index < -0.39 is 0 Å². The molecule has 0 amide bonds. The summed E-state index contributed by atoms with van der Waals surface area (Å²) in [6, 6.07) is 0. The van der Waals surface area contributed by atoms with Crippen LogP contribution in [0.15, 0.2) is 36.2 Å². The van der Waals surface area contributed by atoms with E-state index in [1.165, 1.54) is 5.70 Å². The summed E-state index contributed by atoms with van der Waals surface area (Å²) in [4.78, 5) is 0. The molecule has 1 heteroatoms. The third-order valence-electron chi connectivity index (χ3n) is 1.77. The summed E-state index contributed by atoms with van der Waals surface area (Å²) in [5, 5.41) is 3.19. The largest absolute Gasteiger partial charge is 0.365 e. The molecule has 0 aromatic heterocycles. The first-order chi connectivity index (χ1) is 5.34. The van der Waals surface area contributed by atoms with Gasteiger partial charge in [-0.25, -0.2) is 0 Å². The van der Waals surface area contributed by atoms with Crippen LogP contribution < -0.4 is 5.32 Å². The summed E-state index contributed by atoms with van der Waals surface area (Å²) < 4.78 is 0. The minimum Gasteiger partial charge on any atom is -0.365 e. The van der Waals surface area contributed by atoms with Crippen LogP contribution in [-0.4, -0.2) is 0 Å². The average molecular weight is 149 g/mol. The van der Waals surface area contributed by atoms with Crippen molar-refractivity contribution in [1.82, 2.24) is 5.32 Å². The molecule has 0 radical (unpaired) electrons. The van der Waals surface area contributed by atoms with E-state index in [1.54, 1.807) is 0 Å². The second-order valence-electron chi connectivity index (χ2n) is 2.75. The molecule has 0 saturated heterocycles. The molecule has 1 heterocycles. The molecule has 1 atom stereocenters. The zero-order valence-corrected chi connectivity index (χ0v) is 7.17. The first-order valence-corrected chi connectivity index (χ1v) is 4.14. The van der Waals surface area contributed by atoms with Gasteiger partial charge in [0, 0.05) is 11.6 Å². The number of nitrogens with one attached hydrogen (secondary N) is 1. The molecule has 0 spiro atoms. The lowest BCUT2D eigenvalue weighted by atomic mass is 10.1. The van der Waals surface area contributed by atoms with Crippen molar-refractivity contribution >= 4 is 0 Å². The third-order valence-corrected chi connectivity index (χ3v) is 1.77. The van der Waals surface area contributed by atoms with Crippen molar-refractivity contribution in [3.63, 3.8) is 0 Å². The molecule has 0 aromatic carbocycles. The summed E-state index contributed by atoms with van der Waals surface area (Å²) >= 11 is 0. The van der Waals surface area contributed by atoms with Gasteiger partial charge >= 0.3 is 0 Å². The quantitative estimate of drug-likeness (QED) is 0.636. The van der Waals surface area contributed by atoms with E-state index in [-0.39, 0.29) is 0 Å². The Bertz CT molecular complexity index is 199. The van der Waals surface area contributed by atoms with E-state index >= 15 is 0 Å². The van der Waals surface area contributed by atoms with Crippen molar-refractivity contribution in [3.8, 4) is 0 Å². The van der Waals surface area contributed by atoms with Gasteiger partial charge in [-0.2, -0.15) is 0 Å². The summed E-state index contributed by atoms with van der Waals surface area (Å²) in [6.45, 7) is 4.32. The summed E-state index contributed by atoms with van der Waals surface area (Å²) in [6.07, 6.45) is 11.6. The molecule has 11 heavy (non-hydrogen) atoms. The number of rotatable bonds is 2. The van der Waals surface area contributed by atoms with Gasteiger partial charge in [0.05, 0.1) is 0 Å². The molecule has 0 bridgehead atoms. The van der Waals surface area contributed by atoms with Crippen molar-refractivity contribution in [3.05, 3.63) is 36.2 Å². The van der Waals surface area contributed by atoms with Crippen molar-refractivity contribution in [2.75, 3.05) is 0 Å². The van der Waals surface area contributed by atoms with Gasteiger partial charge in [0.25, 0.3) is 0 Å². The number of hydrogen-bond donors (Lipinski definition) is 1. The molecule has 0 aliphatic carbocycles. The Balaban J connectivity index is 2.48. The summed E-state index contributed by atoms with van der Waals surface area (Å²) in [7, 11) is 0. The Hall–Kier alpha value is -0.980. The van der Waals surface area contributed by atoms with Crippen LogP contribution in [0.25, 0.3) is 0 Å². The van der Waals surface area contributed by atoms with Gasteiger partial charge in [0.15, 0.2) is 0 Å². The van der Waals surface area contributed by atoms with E-state index in [0.29, 0.717) is 5.92 Å². The van der Waals surface area contributed by atoms with Crippen LogP contribution in [0.2, 0.25) is 0 Å². The van der Waals surface area contributed by atoms with Gasteiger partial charge in [-0.15, -0.1) is 0 Å². The monoisotopic (exact) mass is 149 g/mol. The lowest BCUT2D eigenvalue weighted by molar-refractivity contribution is 0.844. The zero-order valence-electron chi connectivity index (χ0n) is 7.17. The smallest absolute Gasteiger partial charge is 0.0214 e. The highest BCUT2D eigenvalue weighted by Gasteiger charge is 2.06. The van der Waals surface area contributed by atoms with E-state index in [1.807, 2.05) is 6.20 Å². The SMILES string of the molecule is CC/C=C\C=C1\NC=CC1C. The van der Waals surface area contributed by atoms with Gasteiger partial charge in [0.2, 0.25) is 0 Å². The van der Waals surface area contributed by atoms with Gasteiger partial charge < -0.3 is 5.32 Å². The maximum absolute atomic E-state index is 3.19. The fraction of sp³-hybridized carbons (Fsp3) is 0.400. The highest BCUT2D eigenvalue weighted by molar-refractivity contribution is 5.23. The standard InChI is InChI=1S/C10H15N/c1-3-4-5-6-10-9(2)7-8-11-10/h4-9,11H,3H2,1-2H3/b5-4-,10-6+. The molecular formula is C10H15N. The van der Waals surface area contributed by atoms with Gasteiger partial charge in [-0.1, -0.05) is 32.1 Å².